The molecule has 21 heavy (non-hydrogen) atoms. The molecule has 108 valence electrons. The number of hydrazone groups is 1. The van der Waals surface area contributed by atoms with E-state index in [2.05, 4.69) is 10.5 Å². The number of hydrogen-bond acceptors (Lipinski definition) is 3. The van der Waals surface area contributed by atoms with Crippen molar-refractivity contribution in [2.75, 3.05) is 7.11 Å². The predicted molar refractivity (Wildman–Crippen MR) is 83.6 cm³/mol. The van der Waals surface area contributed by atoms with Crippen LogP contribution in [0, 0.1) is 6.92 Å². The SMILES string of the molecule is COc1ccc(CC(=O)N/N=C/c2ccccc2C)cc1. The zero-order chi connectivity index (χ0) is 15.1. The van der Waals surface area contributed by atoms with E-state index in [1.54, 1.807) is 13.3 Å². The minimum atomic E-state index is -0.148. The van der Waals surface area contributed by atoms with Crippen molar-refractivity contribution >= 4 is 12.1 Å². The smallest absolute Gasteiger partial charge is 0.244 e. The minimum Gasteiger partial charge on any atom is -0.497 e. The van der Waals surface area contributed by atoms with Gasteiger partial charge in [0.1, 0.15) is 5.75 Å². The molecule has 0 bridgehead atoms. The lowest BCUT2D eigenvalue weighted by Crippen LogP contribution is -2.19. The highest BCUT2D eigenvalue weighted by atomic mass is 16.5. The maximum atomic E-state index is 11.8. The maximum absolute atomic E-state index is 11.8. The molecule has 0 unspecified atom stereocenters. The van der Waals surface area contributed by atoms with Gasteiger partial charge in [-0.2, -0.15) is 5.10 Å². The Balaban J connectivity index is 1.88. The van der Waals surface area contributed by atoms with E-state index in [1.165, 1.54) is 0 Å². The second-order valence-corrected chi connectivity index (χ2v) is 4.67. The Bertz CT molecular complexity index is 633. The van der Waals surface area contributed by atoms with E-state index in [0.717, 1.165) is 22.4 Å². The van der Waals surface area contributed by atoms with Gasteiger partial charge in [0.15, 0.2) is 0 Å². The molecule has 1 amide bonds. The Hall–Kier alpha value is -2.62. The summed E-state index contributed by atoms with van der Waals surface area (Å²) < 4.78 is 5.08. The third kappa shape index (κ3) is 4.45. The molecule has 0 saturated heterocycles. The second kappa shape index (κ2) is 7.24. The molecular formula is C17H18N2O2. The monoisotopic (exact) mass is 282 g/mol. The average Bonchev–Trinajstić information content (AvgIpc) is 2.50. The zero-order valence-electron chi connectivity index (χ0n) is 12.2. The third-order valence-corrected chi connectivity index (χ3v) is 3.11. The highest BCUT2D eigenvalue weighted by Gasteiger charge is 2.02. The van der Waals surface area contributed by atoms with Crippen LogP contribution in [0.2, 0.25) is 0 Å². The summed E-state index contributed by atoms with van der Waals surface area (Å²) in [6, 6.07) is 15.3. The van der Waals surface area contributed by atoms with Crippen LogP contribution in [-0.2, 0) is 11.2 Å². The normalized spacial score (nSPS) is 10.6. The summed E-state index contributed by atoms with van der Waals surface area (Å²) in [7, 11) is 1.61. The van der Waals surface area contributed by atoms with Crippen LogP contribution in [0.15, 0.2) is 53.6 Å². The number of nitrogens with zero attached hydrogens (tertiary/aromatic N) is 1. The molecule has 0 aromatic heterocycles. The minimum absolute atomic E-state index is 0.148. The largest absolute Gasteiger partial charge is 0.497 e. The van der Waals surface area contributed by atoms with Gasteiger partial charge in [0.2, 0.25) is 5.91 Å². The van der Waals surface area contributed by atoms with Crippen LogP contribution in [0.5, 0.6) is 5.75 Å². The van der Waals surface area contributed by atoms with Crippen LogP contribution in [0.25, 0.3) is 0 Å². The van der Waals surface area contributed by atoms with Gasteiger partial charge in [0.25, 0.3) is 0 Å². The summed E-state index contributed by atoms with van der Waals surface area (Å²) >= 11 is 0. The van der Waals surface area contributed by atoms with Crippen LogP contribution in [-0.4, -0.2) is 19.2 Å². The van der Waals surface area contributed by atoms with Gasteiger partial charge < -0.3 is 4.74 Å². The van der Waals surface area contributed by atoms with Crippen molar-refractivity contribution in [3.05, 3.63) is 65.2 Å². The predicted octanol–water partition coefficient (Wildman–Crippen LogP) is 2.70. The Morgan fingerprint density at radius 3 is 2.57 bits per heavy atom. The van der Waals surface area contributed by atoms with Crippen LogP contribution in [0.3, 0.4) is 0 Å². The number of ether oxygens (including phenoxy) is 1. The van der Waals surface area contributed by atoms with Crippen molar-refractivity contribution in [3.63, 3.8) is 0 Å². The number of methoxy groups -OCH3 is 1. The summed E-state index contributed by atoms with van der Waals surface area (Å²) in [5.74, 6) is 0.627. The fraction of sp³-hybridized carbons (Fsp3) is 0.176. The van der Waals surface area contributed by atoms with Crippen LogP contribution in [0.4, 0.5) is 0 Å². The topological polar surface area (TPSA) is 50.7 Å². The van der Waals surface area contributed by atoms with Crippen LogP contribution >= 0.6 is 0 Å². The van der Waals surface area contributed by atoms with Gasteiger partial charge in [-0.1, -0.05) is 36.4 Å². The molecule has 0 spiro atoms. The van der Waals surface area contributed by atoms with E-state index in [9.17, 15) is 4.79 Å². The lowest BCUT2D eigenvalue weighted by atomic mass is 10.1. The fourth-order valence-corrected chi connectivity index (χ4v) is 1.87. The standard InChI is InChI=1S/C17H18N2O2/c1-13-5-3-4-6-15(13)12-18-19-17(20)11-14-7-9-16(21-2)10-8-14/h3-10,12H,11H2,1-2H3,(H,19,20)/b18-12+. The van der Waals surface area contributed by atoms with E-state index >= 15 is 0 Å². The molecule has 2 rings (SSSR count). The van der Waals surface area contributed by atoms with Crippen molar-refractivity contribution in [1.82, 2.24) is 5.43 Å². The second-order valence-electron chi connectivity index (χ2n) is 4.67. The zero-order valence-corrected chi connectivity index (χ0v) is 12.2. The molecule has 0 aliphatic carbocycles. The number of rotatable bonds is 5. The van der Waals surface area contributed by atoms with E-state index in [-0.39, 0.29) is 12.3 Å². The van der Waals surface area contributed by atoms with Crippen molar-refractivity contribution in [2.24, 2.45) is 5.10 Å². The molecule has 0 aliphatic rings. The van der Waals surface area contributed by atoms with Crippen molar-refractivity contribution in [2.45, 2.75) is 13.3 Å². The first-order valence-corrected chi connectivity index (χ1v) is 6.69. The maximum Gasteiger partial charge on any atom is 0.244 e. The Morgan fingerprint density at radius 1 is 1.19 bits per heavy atom. The highest BCUT2D eigenvalue weighted by molar-refractivity contribution is 5.84. The number of carbonyl (C=O) groups excluding carboxylic acids is 1. The van der Waals surface area contributed by atoms with Gasteiger partial charge >= 0.3 is 0 Å². The van der Waals surface area contributed by atoms with Gasteiger partial charge in [-0.25, -0.2) is 5.43 Å². The van der Waals surface area contributed by atoms with E-state index in [1.807, 2.05) is 55.5 Å². The fourth-order valence-electron chi connectivity index (χ4n) is 1.87. The first-order valence-electron chi connectivity index (χ1n) is 6.69. The van der Waals surface area contributed by atoms with Crippen molar-refractivity contribution in [1.29, 1.82) is 0 Å². The Morgan fingerprint density at radius 2 is 1.90 bits per heavy atom. The van der Waals surface area contributed by atoms with E-state index in [4.69, 9.17) is 4.74 Å². The highest BCUT2D eigenvalue weighted by Crippen LogP contribution is 2.11. The summed E-state index contributed by atoms with van der Waals surface area (Å²) in [5, 5.41) is 3.98. The van der Waals surface area contributed by atoms with Gasteiger partial charge in [-0.3, -0.25) is 4.79 Å². The number of amides is 1. The molecule has 0 saturated carbocycles. The van der Waals surface area contributed by atoms with Gasteiger partial charge in [-0.05, 0) is 35.7 Å². The first-order chi connectivity index (χ1) is 10.2. The number of nitrogens with one attached hydrogen (secondary N) is 1. The lowest BCUT2D eigenvalue weighted by Gasteiger charge is -2.03. The number of benzene rings is 2. The number of aryl methyl sites for hydroxylation is 1. The molecule has 0 radical (unpaired) electrons. The summed E-state index contributed by atoms with van der Waals surface area (Å²) in [5.41, 5.74) is 5.56. The van der Waals surface area contributed by atoms with Gasteiger partial charge in [-0.15, -0.1) is 0 Å². The molecule has 0 atom stereocenters. The summed E-state index contributed by atoms with van der Waals surface area (Å²) in [6.07, 6.45) is 1.94. The third-order valence-electron chi connectivity index (χ3n) is 3.11. The van der Waals surface area contributed by atoms with E-state index in [0.29, 0.717) is 0 Å². The molecule has 1 N–H and O–H groups in total. The molecule has 0 fully saturated rings. The van der Waals surface area contributed by atoms with Crippen molar-refractivity contribution < 1.29 is 9.53 Å². The Labute approximate surface area is 124 Å². The molecule has 0 aliphatic heterocycles. The molecule has 4 heteroatoms. The van der Waals surface area contributed by atoms with Crippen LogP contribution in [0.1, 0.15) is 16.7 Å². The quantitative estimate of drug-likeness (QED) is 0.677. The average molecular weight is 282 g/mol. The number of carbonyl (C=O) groups is 1. The number of hydrogen-bond donors (Lipinski definition) is 1. The summed E-state index contributed by atoms with van der Waals surface area (Å²) in [6.45, 7) is 2.00. The molecule has 2 aromatic rings. The Kier molecular flexibility index (Phi) is 5.10. The van der Waals surface area contributed by atoms with E-state index < -0.39 is 0 Å². The first kappa shape index (κ1) is 14.8. The lowest BCUT2D eigenvalue weighted by molar-refractivity contribution is -0.120. The molecular weight excluding hydrogens is 264 g/mol. The molecule has 0 heterocycles. The molecule has 4 nitrogen and oxygen atoms in total. The van der Waals surface area contributed by atoms with Gasteiger partial charge in [0.05, 0.1) is 19.7 Å². The van der Waals surface area contributed by atoms with Gasteiger partial charge in [0, 0.05) is 0 Å². The van der Waals surface area contributed by atoms with Crippen LogP contribution < -0.4 is 10.2 Å². The van der Waals surface area contributed by atoms with Crippen molar-refractivity contribution in [3.8, 4) is 5.75 Å². The summed E-state index contributed by atoms with van der Waals surface area (Å²) in [4.78, 5) is 11.8. The molecule has 2 aromatic carbocycles.